The van der Waals surface area contributed by atoms with Gasteiger partial charge < -0.3 is 9.84 Å². The van der Waals surface area contributed by atoms with Crippen LogP contribution in [0.5, 0.6) is 11.5 Å². The summed E-state index contributed by atoms with van der Waals surface area (Å²) in [4.78, 5) is 11.1. The Morgan fingerprint density at radius 2 is 1.83 bits per heavy atom. The number of aromatic carboxylic acids is 1. The zero-order chi connectivity index (χ0) is 13.1. The summed E-state index contributed by atoms with van der Waals surface area (Å²) in [6, 6.07) is 12.3. The van der Waals surface area contributed by atoms with Gasteiger partial charge in [-0.25, -0.2) is 4.79 Å². The number of carbonyl (C=O) groups is 1. The molecule has 0 saturated heterocycles. The van der Waals surface area contributed by atoms with Crippen LogP contribution in [0.3, 0.4) is 0 Å². The summed E-state index contributed by atoms with van der Waals surface area (Å²) < 4.78 is 6.28. The van der Waals surface area contributed by atoms with Crippen LogP contribution in [0.4, 0.5) is 0 Å². The van der Waals surface area contributed by atoms with Gasteiger partial charge in [-0.15, -0.1) is 0 Å². The van der Waals surface area contributed by atoms with E-state index in [4.69, 9.17) is 9.84 Å². The van der Waals surface area contributed by atoms with E-state index >= 15 is 0 Å². The molecule has 1 N–H and O–H groups in total. The van der Waals surface area contributed by atoms with Gasteiger partial charge in [-0.1, -0.05) is 33.6 Å². The molecule has 2 aromatic carbocycles. The van der Waals surface area contributed by atoms with Gasteiger partial charge in [0.15, 0.2) is 0 Å². The number of halogens is 1. The van der Waals surface area contributed by atoms with Crippen molar-refractivity contribution in [1.29, 1.82) is 0 Å². The number of benzene rings is 2. The first-order chi connectivity index (χ1) is 8.56. The Morgan fingerprint density at radius 1 is 1.17 bits per heavy atom. The Balaban J connectivity index is 2.34. The van der Waals surface area contributed by atoms with Crippen molar-refractivity contribution < 1.29 is 14.6 Å². The topological polar surface area (TPSA) is 46.5 Å². The van der Waals surface area contributed by atoms with Crippen molar-refractivity contribution in [2.75, 3.05) is 0 Å². The van der Waals surface area contributed by atoms with Gasteiger partial charge in [0.1, 0.15) is 17.1 Å². The van der Waals surface area contributed by atoms with E-state index in [1.807, 2.05) is 31.2 Å². The molecule has 3 nitrogen and oxygen atoms in total. The lowest BCUT2D eigenvalue weighted by Crippen LogP contribution is -2.00. The van der Waals surface area contributed by atoms with Gasteiger partial charge in [-0.05, 0) is 37.3 Å². The van der Waals surface area contributed by atoms with Crippen molar-refractivity contribution in [2.45, 2.75) is 6.92 Å². The Morgan fingerprint density at radius 3 is 2.44 bits per heavy atom. The zero-order valence-corrected chi connectivity index (χ0v) is 11.3. The molecule has 0 fully saturated rings. The molecule has 0 aliphatic heterocycles. The molecule has 0 amide bonds. The molecule has 18 heavy (non-hydrogen) atoms. The molecular formula is C14H11BrO3. The van der Waals surface area contributed by atoms with Crippen LogP contribution in [0, 0.1) is 6.92 Å². The number of hydrogen-bond donors (Lipinski definition) is 1. The number of carboxylic acids is 1. The van der Waals surface area contributed by atoms with E-state index in [-0.39, 0.29) is 5.56 Å². The van der Waals surface area contributed by atoms with Gasteiger partial charge in [0.2, 0.25) is 0 Å². The SMILES string of the molecule is Cc1ccc(Oc2ccc(Br)cc2C(=O)O)cc1. The number of rotatable bonds is 3. The van der Waals surface area contributed by atoms with E-state index in [9.17, 15) is 4.79 Å². The minimum Gasteiger partial charge on any atom is -0.478 e. The van der Waals surface area contributed by atoms with Crippen LogP contribution in [0.25, 0.3) is 0 Å². The normalized spacial score (nSPS) is 10.1. The van der Waals surface area contributed by atoms with Crippen molar-refractivity contribution in [3.8, 4) is 11.5 Å². The highest BCUT2D eigenvalue weighted by atomic mass is 79.9. The predicted octanol–water partition coefficient (Wildman–Crippen LogP) is 4.25. The highest BCUT2D eigenvalue weighted by molar-refractivity contribution is 9.10. The molecule has 0 aromatic heterocycles. The largest absolute Gasteiger partial charge is 0.478 e. The summed E-state index contributed by atoms with van der Waals surface area (Å²) in [6.45, 7) is 1.98. The first-order valence-electron chi connectivity index (χ1n) is 5.33. The first kappa shape index (κ1) is 12.6. The van der Waals surface area contributed by atoms with E-state index in [0.717, 1.165) is 5.56 Å². The monoisotopic (exact) mass is 306 g/mol. The molecule has 2 aromatic rings. The molecule has 0 atom stereocenters. The Kier molecular flexibility index (Phi) is 3.67. The van der Waals surface area contributed by atoms with E-state index in [0.29, 0.717) is 16.0 Å². The van der Waals surface area contributed by atoms with Crippen molar-refractivity contribution in [3.63, 3.8) is 0 Å². The molecular weight excluding hydrogens is 296 g/mol. The summed E-state index contributed by atoms with van der Waals surface area (Å²) in [7, 11) is 0. The lowest BCUT2D eigenvalue weighted by molar-refractivity contribution is 0.0694. The molecule has 0 unspecified atom stereocenters. The third kappa shape index (κ3) is 2.90. The van der Waals surface area contributed by atoms with Crippen LogP contribution in [0.1, 0.15) is 15.9 Å². The van der Waals surface area contributed by atoms with Crippen LogP contribution < -0.4 is 4.74 Å². The van der Waals surface area contributed by atoms with Crippen molar-refractivity contribution in [3.05, 3.63) is 58.1 Å². The van der Waals surface area contributed by atoms with Crippen molar-refractivity contribution in [2.24, 2.45) is 0 Å². The van der Waals surface area contributed by atoms with Crippen LogP contribution in [0.2, 0.25) is 0 Å². The molecule has 2 rings (SSSR count). The minimum absolute atomic E-state index is 0.130. The molecule has 0 aliphatic carbocycles. The maximum atomic E-state index is 11.1. The lowest BCUT2D eigenvalue weighted by Gasteiger charge is -2.09. The number of aryl methyl sites for hydroxylation is 1. The fourth-order valence-corrected chi connectivity index (χ4v) is 1.85. The number of hydrogen-bond acceptors (Lipinski definition) is 2. The lowest BCUT2D eigenvalue weighted by atomic mass is 10.2. The molecule has 0 saturated carbocycles. The Bertz CT molecular complexity index is 576. The Hall–Kier alpha value is -1.81. The molecule has 0 spiro atoms. The predicted molar refractivity (Wildman–Crippen MR) is 72.4 cm³/mol. The van der Waals surface area contributed by atoms with Crippen molar-refractivity contribution >= 4 is 21.9 Å². The van der Waals surface area contributed by atoms with Gasteiger partial charge in [-0.3, -0.25) is 0 Å². The third-order valence-corrected chi connectivity index (χ3v) is 2.91. The quantitative estimate of drug-likeness (QED) is 0.922. The smallest absolute Gasteiger partial charge is 0.339 e. The van der Waals surface area contributed by atoms with Crippen molar-refractivity contribution in [1.82, 2.24) is 0 Å². The average molecular weight is 307 g/mol. The molecule has 92 valence electrons. The summed E-state index contributed by atoms with van der Waals surface area (Å²) in [5.74, 6) is -0.0709. The summed E-state index contributed by atoms with van der Waals surface area (Å²) in [6.07, 6.45) is 0. The number of carboxylic acid groups (broad SMARTS) is 1. The third-order valence-electron chi connectivity index (χ3n) is 2.42. The highest BCUT2D eigenvalue weighted by Crippen LogP contribution is 2.28. The summed E-state index contributed by atoms with van der Waals surface area (Å²) in [5.41, 5.74) is 1.25. The number of ether oxygens (including phenoxy) is 1. The summed E-state index contributed by atoms with van der Waals surface area (Å²) >= 11 is 3.24. The Labute approximate surface area is 113 Å². The second kappa shape index (κ2) is 5.23. The minimum atomic E-state index is -1.02. The fraction of sp³-hybridized carbons (Fsp3) is 0.0714. The van der Waals surface area contributed by atoms with Crippen LogP contribution in [0.15, 0.2) is 46.9 Å². The van der Waals surface area contributed by atoms with Gasteiger partial charge in [0.05, 0.1) is 0 Å². The van der Waals surface area contributed by atoms with E-state index in [1.165, 1.54) is 6.07 Å². The molecule has 0 aliphatic rings. The maximum Gasteiger partial charge on any atom is 0.339 e. The molecule has 0 bridgehead atoms. The van der Waals surface area contributed by atoms with Gasteiger partial charge in [0, 0.05) is 4.47 Å². The fourth-order valence-electron chi connectivity index (χ4n) is 1.49. The van der Waals surface area contributed by atoms with Crippen LogP contribution in [-0.4, -0.2) is 11.1 Å². The second-order valence-electron chi connectivity index (χ2n) is 3.86. The van der Waals surface area contributed by atoms with Gasteiger partial charge >= 0.3 is 5.97 Å². The molecule has 0 radical (unpaired) electrons. The average Bonchev–Trinajstić information content (AvgIpc) is 2.34. The van der Waals surface area contributed by atoms with Crippen LogP contribution >= 0.6 is 15.9 Å². The molecule has 4 heteroatoms. The second-order valence-corrected chi connectivity index (χ2v) is 4.78. The first-order valence-corrected chi connectivity index (χ1v) is 6.13. The van der Waals surface area contributed by atoms with E-state index < -0.39 is 5.97 Å². The highest BCUT2D eigenvalue weighted by Gasteiger charge is 2.12. The zero-order valence-electron chi connectivity index (χ0n) is 9.68. The maximum absolute atomic E-state index is 11.1. The van der Waals surface area contributed by atoms with Crippen LogP contribution in [-0.2, 0) is 0 Å². The van der Waals surface area contributed by atoms with E-state index in [2.05, 4.69) is 15.9 Å². The summed E-state index contributed by atoms with van der Waals surface area (Å²) in [5, 5.41) is 9.11. The molecule has 0 heterocycles. The van der Waals surface area contributed by atoms with Gasteiger partial charge in [-0.2, -0.15) is 0 Å². The van der Waals surface area contributed by atoms with E-state index in [1.54, 1.807) is 12.1 Å². The van der Waals surface area contributed by atoms with Gasteiger partial charge in [0.25, 0.3) is 0 Å². The standard InChI is InChI=1S/C14H11BrO3/c1-9-2-5-11(6-3-9)18-13-7-4-10(15)8-12(13)14(16)17/h2-8H,1H3,(H,16,17).